The average Bonchev–Trinajstić information content (AvgIpc) is 2.90. The standard InChI is InChI=1S/C13H18N2O2/c1-13(2)7-9(13)12(16)15-10-5-4-8(14)6-11(10)17-3/h4-6,9H,7,14H2,1-3H3,(H,15,16). The first kappa shape index (κ1) is 11.8. The van der Waals surface area contributed by atoms with Crippen molar-refractivity contribution in [2.75, 3.05) is 18.2 Å². The van der Waals surface area contributed by atoms with Gasteiger partial charge in [0.2, 0.25) is 5.91 Å². The minimum Gasteiger partial charge on any atom is -0.494 e. The van der Waals surface area contributed by atoms with Crippen molar-refractivity contribution in [1.82, 2.24) is 0 Å². The van der Waals surface area contributed by atoms with Crippen LogP contribution in [0.25, 0.3) is 0 Å². The van der Waals surface area contributed by atoms with Gasteiger partial charge in [0, 0.05) is 17.7 Å². The maximum atomic E-state index is 11.9. The van der Waals surface area contributed by atoms with Gasteiger partial charge in [-0.2, -0.15) is 0 Å². The molecule has 0 aliphatic heterocycles. The predicted octanol–water partition coefficient (Wildman–Crippen LogP) is 2.26. The van der Waals surface area contributed by atoms with Crippen molar-refractivity contribution in [1.29, 1.82) is 0 Å². The minimum atomic E-state index is 0.0538. The van der Waals surface area contributed by atoms with Crippen LogP contribution in [0.3, 0.4) is 0 Å². The first-order chi connectivity index (χ1) is 7.94. The van der Waals surface area contributed by atoms with Crippen LogP contribution in [0.4, 0.5) is 11.4 Å². The van der Waals surface area contributed by atoms with Crippen LogP contribution in [-0.2, 0) is 4.79 Å². The second kappa shape index (κ2) is 3.95. The van der Waals surface area contributed by atoms with Crippen LogP contribution < -0.4 is 15.8 Å². The van der Waals surface area contributed by atoms with E-state index >= 15 is 0 Å². The van der Waals surface area contributed by atoms with Gasteiger partial charge in [-0.05, 0) is 24.0 Å². The minimum absolute atomic E-state index is 0.0538. The number of carbonyl (C=O) groups is 1. The highest BCUT2D eigenvalue weighted by atomic mass is 16.5. The summed E-state index contributed by atoms with van der Waals surface area (Å²) in [7, 11) is 1.56. The summed E-state index contributed by atoms with van der Waals surface area (Å²) in [6.45, 7) is 4.19. The highest BCUT2D eigenvalue weighted by Crippen LogP contribution is 2.52. The first-order valence-electron chi connectivity index (χ1n) is 5.68. The Balaban J connectivity index is 2.11. The third kappa shape index (κ3) is 2.35. The molecule has 1 saturated carbocycles. The van der Waals surface area contributed by atoms with Gasteiger partial charge in [-0.1, -0.05) is 13.8 Å². The van der Waals surface area contributed by atoms with Gasteiger partial charge in [0.15, 0.2) is 0 Å². The van der Waals surface area contributed by atoms with E-state index < -0.39 is 0 Å². The Bertz CT molecular complexity index is 455. The molecule has 4 heteroatoms. The molecule has 0 spiro atoms. The molecule has 0 bridgehead atoms. The fourth-order valence-electron chi connectivity index (χ4n) is 1.95. The smallest absolute Gasteiger partial charge is 0.228 e. The Morgan fingerprint density at radius 1 is 1.53 bits per heavy atom. The summed E-state index contributed by atoms with van der Waals surface area (Å²) in [5, 5.41) is 2.89. The molecule has 1 unspecified atom stereocenters. The van der Waals surface area contributed by atoms with Crippen LogP contribution in [0.2, 0.25) is 0 Å². The highest BCUT2D eigenvalue weighted by molar-refractivity contribution is 5.96. The van der Waals surface area contributed by atoms with E-state index in [0.29, 0.717) is 17.1 Å². The van der Waals surface area contributed by atoms with Crippen molar-refractivity contribution in [3.63, 3.8) is 0 Å². The second-order valence-corrected chi connectivity index (χ2v) is 5.19. The van der Waals surface area contributed by atoms with E-state index in [1.807, 2.05) is 0 Å². The van der Waals surface area contributed by atoms with Gasteiger partial charge < -0.3 is 15.8 Å². The normalized spacial score (nSPS) is 20.8. The molecule has 2 rings (SSSR count). The fourth-order valence-corrected chi connectivity index (χ4v) is 1.95. The third-order valence-corrected chi connectivity index (χ3v) is 3.31. The maximum Gasteiger partial charge on any atom is 0.228 e. The lowest BCUT2D eigenvalue weighted by atomic mass is 10.1. The number of amides is 1. The molecular weight excluding hydrogens is 216 g/mol. The Kier molecular flexibility index (Phi) is 2.73. The largest absolute Gasteiger partial charge is 0.494 e. The zero-order valence-electron chi connectivity index (χ0n) is 10.4. The molecule has 1 aromatic carbocycles. The second-order valence-electron chi connectivity index (χ2n) is 5.19. The van der Waals surface area contributed by atoms with Crippen LogP contribution in [-0.4, -0.2) is 13.0 Å². The molecule has 0 heterocycles. The molecule has 0 radical (unpaired) electrons. The SMILES string of the molecule is COc1cc(N)ccc1NC(=O)C1CC1(C)C. The topological polar surface area (TPSA) is 64.3 Å². The Morgan fingerprint density at radius 2 is 2.18 bits per heavy atom. The molecule has 0 aromatic heterocycles. The van der Waals surface area contributed by atoms with E-state index in [9.17, 15) is 4.79 Å². The number of hydrogen-bond acceptors (Lipinski definition) is 3. The number of carbonyl (C=O) groups excluding carboxylic acids is 1. The van der Waals surface area contributed by atoms with E-state index in [2.05, 4.69) is 19.2 Å². The number of rotatable bonds is 3. The lowest BCUT2D eigenvalue weighted by Gasteiger charge is -2.11. The van der Waals surface area contributed by atoms with Crippen molar-refractivity contribution in [2.45, 2.75) is 20.3 Å². The summed E-state index contributed by atoms with van der Waals surface area (Å²) in [4.78, 5) is 11.9. The number of methoxy groups -OCH3 is 1. The summed E-state index contributed by atoms with van der Waals surface area (Å²) in [6.07, 6.45) is 0.941. The zero-order chi connectivity index (χ0) is 12.6. The van der Waals surface area contributed by atoms with E-state index in [4.69, 9.17) is 10.5 Å². The molecule has 3 N–H and O–H groups in total. The van der Waals surface area contributed by atoms with Gasteiger partial charge in [0.25, 0.3) is 0 Å². The van der Waals surface area contributed by atoms with Crippen LogP contribution >= 0.6 is 0 Å². The van der Waals surface area contributed by atoms with E-state index in [1.54, 1.807) is 25.3 Å². The molecule has 1 aliphatic carbocycles. The summed E-state index contributed by atoms with van der Waals surface area (Å²) in [5.74, 6) is 0.750. The third-order valence-electron chi connectivity index (χ3n) is 3.31. The van der Waals surface area contributed by atoms with E-state index in [-0.39, 0.29) is 17.2 Å². The number of benzene rings is 1. The van der Waals surface area contributed by atoms with E-state index in [1.165, 1.54) is 0 Å². The molecule has 1 amide bonds. The van der Waals surface area contributed by atoms with E-state index in [0.717, 1.165) is 6.42 Å². The molecule has 1 aliphatic rings. The van der Waals surface area contributed by atoms with Crippen molar-refractivity contribution in [3.8, 4) is 5.75 Å². The zero-order valence-corrected chi connectivity index (χ0v) is 10.4. The van der Waals surface area contributed by atoms with Crippen molar-refractivity contribution >= 4 is 17.3 Å². The molecule has 1 atom stereocenters. The fraction of sp³-hybridized carbons (Fsp3) is 0.462. The molecule has 4 nitrogen and oxygen atoms in total. The number of anilines is 2. The Morgan fingerprint density at radius 3 is 2.71 bits per heavy atom. The summed E-state index contributed by atoms with van der Waals surface area (Å²) in [6, 6.07) is 5.21. The monoisotopic (exact) mass is 234 g/mol. The van der Waals surface area contributed by atoms with Gasteiger partial charge in [-0.25, -0.2) is 0 Å². The lowest BCUT2D eigenvalue weighted by molar-refractivity contribution is -0.118. The van der Waals surface area contributed by atoms with Crippen LogP contribution in [0, 0.1) is 11.3 Å². The van der Waals surface area contributed by atoms with Crippen LogP contribution in [0.1, 0.15) is 20.3 Å². The lowest BCUT2D eigenvalue weighted by Crippen LogP contribution is -2.17. The molecule has 17 heavy (non-hydrogen) atoms. The van der Waals surface area contributed by atoms with Crippen molar-refractivity contribution in [2.24, 2.45) is 11.3 Å². The van der Waals surface area contributed by atoms with Gasteiger partial charge >= 0.3 is 0 Å². The van der Waals surface area contributed by atoms with Gasteiger partial charge in [-0.3, -0.25) is 4.79 Å². The molecule has 0 saturated heterocycles. The molecular formula is C13H18N2O2. The van der Waals surface area contributed by atoms with Crippen molar-refractivity contribution in [3.05, 3.63) is 18.2 Å². The van der Waals surface area contributed by atoms with Gasteiger partial charge in [0.05, 0.1) is 12.8 Å². The quantitative estimate of drug-likeness (QED) is 0.788. The number of ether oxygens (including phenoxy) is 1. The maximum absolute atomic E-state index is 11.9. The number of nitrogens with two attached hydrogens (primary N) is 1. The predicted molar refractivity (Wildman–Crippen MR) is 67.9 cm³/mol. The van der Waals surface area contributed by atoms with Crippen molar-refractivity contribution < 1.29 is 9.53 Å². The van der Waals surface area contributed by atoms with Crippen LogP contribution in [0.5, 0.6) is 5.75 Å². The Labute approximate surface area is 101 Å². The first-order valence-corrected chi connectivity index (χ1v) is 5.68. The number of nitrogens with one attached hydrogen (secondary N) is 1. The summed E-state index contributed by atoms with van der Waals surface area (Å²) in [5.41, 5.74) is 7.08. The molecule has 1 aromatic rings. The number of nitrogen functional groups attached to an aromatic ring is 1. The van der Waals surface area contributed by atoms with Crippen LogP contribution in [0.15, 0.2) is 18.2 Å². The Hall–Kier alpha value is -1.71. The average molecular weight is 234 g/mol. The summed E-state index contributed by atoms with van der Waals surface area (Å²) >= 11 is 0. The number of hydrogen-bond donors (Lipinski definition) is 2. The van der Waals surface area contributed by atoms with Gasteiger partial charge in [-0.15, -0.1) is 0 Å². The summed E-state index contributed by atoms with van der Waals surface area (Å²) < 4.78 is 5.18. The molecule has 92 valence electrons. The molecule has 1 fully saturated rings. The highest BCUT2D eigenvalue weighted by Gasteiger charge is 2.50. The van der Waals surface area contributed by atoms with Gasteiger partial charge in [0.1, 0.15) is 5.75 Å².